The van der Waals surface area contributed by atoms with E-state index in [2.05, 4.69) is 50.0 Å². The Bertz CT molecular complexity index is 206. The number of nitrogens with one attached hydrogen (secondary N) is 1. The lowest BCUT2D eigenvalue weighted by Crippen LogP contribution is -2.14. The monoisotopic (exact) mass is 162 g/mol. The summed E-state index contributed by atoms with van der Waals surface area (Å²) in [6.07, 6.45) is 1.07. The van der Waals surface area contributed by atoms with Crippen molar-refractivity contribution in [2.45, 2.75) is 26.3 Å². The Balaban J connectivity index is 2.48. The molecule has 12 heavy (non-hydrogen) atoms. The van der Waals surface area contributed by atoms with Crippen LogP contribution in [-0.4, -0.2) is 0 Å². The summed E-state index contributed by atoms with van der Waals surface area (Å²) in [4.78, 5) is 0. The van der Waals surface area contributed by atoms with E-state index in [1.54, 1.807) is 0 Å². The van der Waals surface area contributed by atoms with E-state index in [-0.39, 0.29) is 0 Å². The summed E-state index contributed by atoms with van der Waals surface area (Å²) in [6.45, 7) is 6.39. The molecular weight excluding hydrogens is 146 g/mol. The molecular formula is C11H16N. The van der Waals surface area contributed by atoms with Gasteiger partial charge in [-0.15, -0.1) is 0 Å². The average Bonchev–Trinajstić information content (AvgIpc) is 2.15. The maximum absolute atomic E-state index is 3.32. The molecule has 0 fully saturated rings. The zero-order chi connectivity index (χ0) is 8.81. The fourth-order valence-corrected chi connectivity index (χ4v) is 1.13. The van der Waals surface area contributed by atoms with Crippen LogP contribution in [0.3, 0.4) is 0 Å². The van der Waals surface area contributed by atoms with Crippen LogP contribution in [0.2, 0.25) is 0 Å². The number of hydrogen-bond donors (Lipinski definition) is 1. The minimum atomic E-state index is 0.422. The molecule has 1 atom stereocenters. The summed E-state index contributed by atoms with van der Waals surface area (Å²) in [6, 6.07) is 10.9. The van der Waals surface area contributed by atoms with Crippen LogP contribution in [0.25, 0.3) is 0 Å². The van der Waals surface area contributed by atoms with Gasteiger partial charge in [0.2, 0.25) is 0 Å². The van der Waals surface area contributed by atoms with Crippen molar-refractivity contribution < 1.29 is 0 Å². The molecule has 1 heteroatoms. The molecule has 0 heterocycles. The quantitative estimate of drug-likeness (QED) is 0.717. The van der Waals surface area contributed by atoms with Crippen molar-refractivity contribution in [2.24, 2.45) is 0 Å². The van der Waals surface area contributed by atoms with E-state index in [9.17, 15) is 0 Å². The second-order valence-corrected chi connectivity index (χ2v) is 2.91. The first kappa shape index (κ1) is 9.27. The third-order valence-corrected chi connectivity index (χ3v) is 1.87. The fourth-order valence-electron chi connectivity index (χ4n) is 1.13. The van der Waals surface area contributed by atoms with Gasteiger partial charge in [0, 0.05) is 12.6 Å². The highest BCUT2D eigenvalue weighted by molar-refractivity contribution is 5.18. The SMILES string of the molecule is CC[CH]NC(C)c1ccccc1. The lowest BCUT2D eigenvalue weighted by atomic mass is 10.1. The normalized spacial score (nSPS) is 12.8. The van der Waals surface area contributed by atoms with E-state index in [0.717, 1.165) is 6.42 Å². The second kappa shape index (κ2) is 4.94. The van der Waals surface area contributed by atoms with Crippen LogP contribution in [0.15, 0.2) is 30.3 Å². The van der Waals surface area contributed by atoms with E-state index in [0.29, 0.717) is 6.04 Å². The molecule has 1 aromatic rings. The molecule has 0 aliphatic rings. The molecule has 1 N–H and O–H groups in total. The Kier molecular flexibility index (Phi) is 3.81. The van der Waals surface area contributed by atoms with Crippen molar-refractivity contribution in [3.8, 4) is 0 Å². The Morgan fingerprint density at radius 3 is 2.58 bits per heavy atom. The number of benzene rings is 1. The van der Waals surface area contributed by atoms with Gasteiger partial charge in [0.15, 0.2) is 0 Å². The summed E-state index contributed by atoms with van der Waals surface area (Å²) >= 11 is 0. The third kappa shape index (κ3) is 2.67. The first-order chi connectivity index (χ1) is 5.84. The molecule has 0 aromatic heterocycles. The molecule has 1 unspecified atom stereocenters. The number of rotatable bonds is 4. The predicted molar refractivity (Wildman–Crippen MR) is 52.6 cm³/mol. The highest BCUT2D eigenvalue weighted by Gasteiger charge is 2.01. The predicted octanol–water partition coefficient (Wildman–Crippen LogP) is 2.91. The van der Waals surface area contributed by atoms with E-state index >= 15 is 0 Å². The maximum Gasteiger partial charge on any atom is 0.0294 e. The van der Waals surface area contributed by atoms with Crippen LogP contribution in [0.1, 0.15) is 31.9 Å². The molecule has 1 nitrogen and oxygen atoms in total. The zero-order valence-electron chi connectivity index (χ0n) is 7.75. The molecule has 0 aliphatic carbocycles. The first-order valence-electron chi connectivity index (χ1n) is 4.47. The molecule has 0 saturated carbocycles. The van der Waals surface area contributed by atoms with Gasteiger partial charge in [0.05, 0.1) is 0 Å². The van der Waals surface area contributed by atoms with Gasteiger partial charge in [-0.05, 0) is 18.9 Å². The molecule has 0 bridgehead atoms. The van der Waals surface area contributed by atoms with Crippen molar-refractivity contribution in [1.82, 2.24) is 5.32 Å². The van der Waals surface area contributed by atoms with Crippen molar-refractivity contribution in [3.05, 3.63) is 42.4 Å². The van der Waals surface area contributed by atoms with Crippen LogP contribution in [-0.2, 0) is 0 Å². The second-order valence-electron chi connectivity index (χ2n) is 2.91. The van der Waals surface area contributed by atoms with Crippen molar-refractivity contribution >= 4 is 0 Å². The van der Waals surface area contributed by atoms with Crippen LogP contribution >= 0.6 is 0 Å². The summed E-state index contributed by atoms with van der Waals surface area (Å²) in [5.74, 6) is 0. The topological polar surface area (TPSA) is 12.0 Å². The Labute approximate surface area is 74.8 Å². The van der Waals surface area contributed by atoms with Gasteiger partial charge >= 0.3 is 0 Å². The van der Waals surface area contributed by atoms with Gasteiger partial charge < -0.3 is 5.32 Å². The van der Waals surface area contributed by atoms with Gasteiger partial charge in [-0.25, -0.2) is 0 Å². The Morgan fingerprint density at radius 2 is 2.00 bits per heavy atom. The Morgan fingerprint density at radius 1 is 1.33 bits per heavy atom. The van der Waals surface area contributed by atoms with E-state index in [1.807, 2.05) is 6.07 Å². The van der Waals surface area contributed by atoms with Crippen LogP contribution in [0.5, 0.6) is 0 Å². The first-order valence-corrected chi connectivity index (χ1v) is 4.47. The summed E-state index contributed by atoms with van der Waals surface area (Å²) in [5, 5.41) is 3.32. The molecule has 1 rings (SSSR count). The third-order valence-electron chi connectivity index (χ3n) is 1.87. The molecule has 0 amide bonds. The van der Waals surface area contributed by atoms with Crippen LogP contribution in [0.4, 0.5) is 0 Å². The standard InChI is InChI=1S/C11H16N/c1-3-9-12-10(2)11-7-5-4-6-8-11/h4-10,12H,3H2,1-2H3. The molecule has 0 saturated heterocycles. The van der Waals surface area contributed by atoms with Crippen molar-refractivity contribution in [2.75, 3.05) is 0 Å². The highest BCUT2D eigenvalue weighted by Crippen LogP contribution is 2.11. The minimum absolute atomic E-state index is 0.422. The summed E-state index contributed by atoms with van der Waals surface area (Å²) in [5.41, 5.74) is 1.34. The molecule has 1 aromatic carbocycles. The van der Waals surface area contributed by atoms with Gasteiger partial charge in [-0.2, -0.15) is 0 Å². The fraction of sp³-hybridized carbons (Fsp3) is 0.364. The largest absolute Gasteiger partial charge is 0.306 e. The minimum Gasteiger partial charge on any atom is -0.306 e. The lowest BCUT2D eigenvalue weighted by molar-refractivity contribution is 0.630. The number of hydrogen-bond acceptors (Lipinski definition) is 1. The molecule has 1 radical (unpaired) electrons. The van der Waals surface area contributed by atoms with E-state index in [1.165, 1.54) is 5.56 Å². The van der Waals surface area contributed by atoms with Crippen LogP contribution < -0.4 is 5.32 Å². The van der Waals surface area contributed by atoms with Gasteiger partial charge in [0.1, 0.15) is 0 Å². The van der Waals surface area contributed by atoms with E-state index in [4.69, 9.17) is 0 Å². The lowest BCUT2D eigenvalue weighted by Gasteiger charge is -2.12. The average molecular weight is 162 g/mol. The van der Waals surface area contributed by atoms with Gasteiger partial charge in [-0.1, -0.05) is 37.3 Å². The van der Waals surface area contributed by atoms with Gasteiger partial charge in [-0.3, -0.25) is 0 Å². The summed E-state index contributed by atoms with van der Waals surface area (Å²) in [7, 11) is 0. The molecule has 65 valence electrons. The summed E-state index contributed by atoms with van der Waals surface area (Å²) < 4.78 is 0. The van der Waals surface area contributed by atoms with Gasteiger partial charge in [0.25, 0.3) is 0 Å². The Hall–Kier alpha value is -0.820. The maximum atomic E-state index is 3.32. The molecule has 0 aliphatic heterocycles. The molecule has 0 spiro atoms. The van der Waals surface area contributed by atoms with Crippen molar-refractivity contribution in [3.63, 3.8) is 0 Å². The highest BCUT2D eigenvalue weighted by atomic mass is 14.9. The van der Waals surface area contributed by atoms with Crippen LogP contribution in [0, 0.1) is 6.54 Å². The smallest absolute Gasteiger partial charge is 0.0294 e. The zero-order valence-corrected chi connectivity index (χ0v) is 7.75. The van der Waals surface area contributed by atoms with E-state index < -0.39 is 0 Å². The van der Waals surface area contributed by atoms with Crippen molar-refractivity contribution in [1.29, 1.82) is 0 Å².